The van der Waals surface area contributed by atoms with Crippen molar-refractivity contribution in [1.82, 2.24) is 19.5 Å². The maximum absolute atomic E-state index is 10.6. The number of fused-ring (bicyclic) bond motifs is 1. The van der Waals surface area contributed by atoms with Crippen LogP contribution in [0.25, 0.3) is 11.2 Å². The molecule has 0 aliphatic rings. The second-order valence-corrected chi connectivity index (χ2v) is 5.58. The SMILES string of the molecule is CCOC(COCP(=O)([O-])[O-])n1cnc2c(N)ncnc21.[Na+].[Na+]. The zero-order valence-corrected chi connectivity index (χ0v) is 18.1. The van der Waals surface area contributed by atoms with Crippen LogP contribution < -0.4 is 74.6 Å². The van der Waals surface area contributed by atoms with Gasteiger partial charge in [-0.25, -0.2) is 15.0 Å². The number of nitrogens with zero attached hydrogens (tertiary/aromatic N) is 4. The normalized spacial score (nSPS) is 12.5. The smallest absolute Gasteiger partial charge is 0.809 e. The van der Waals surface area contributed by atoms with Gasteiger partial charge in [0, 0.05) is 6.61 Å². The van der Waals surface area contributed by atoms with E-state index in [1.165, 1.54) is 17.2 Å². The Morgan fingerprint density at radius 2 is 2.04 bits per heavy atom. The van der Waals surface area contributed by atoms with Crippen molar-refractivity contribution >= 4 is 24.6 Å². The van der Waals surface area contributed by atoms with Crippen LogP contribution in [0.2, 0.25) is 0 Å². The molecule has 0 fully saturated rings. The molecule has 2 heterocycles. The van der Waals surface area contributed by atoms with E-state index in [1.54, 1.807) is 6.92 Å². The zero-order valence-electron chi connectivity index (χ0n) is 13.2. The molecule has 10 nitrogen and oxygen atoms in total. The molecule has 0 aliphatic heterocycles. The summed E-state index contributed by atoms with van der Waals surface area (Å²) < 4.78 is 22.4. The van der Waals surface area contributed by atoms with Crippen molar-refractivity contribution in [2.45, 2.75) is 13.2 Å². The number of imidazole rings is 1. The minimum atomic E-state index is -4.72. The fourth-order valence-electron chi connectivity index (χ4n) is 1.75. The van der Waals surface area contributed by atoms with Gasteiger partial charge in [-0.15, -0.1) is 0 Å². The molecule has 13 heteroatoms. The minimum Gasteiger partial charge on any atom is -0.809 e. The Hall–Kier alpha value is 0.420. The first-order valence-electron chi connectivity index (χ1n) is 6.06. The fourth-order valence-corrected chi connectivity index (χ4v) is 2.08. The zero-order chi connectivity index (χ0) is 15.5. The maximum Gasteiger partial charge on any atom is 1.00 e. The molecular formula is C10H14N5Na2O5P. The van der Waals surface area contributed by atoms with Gasteiger partial charge in [0.1, 0.15) is 11.8 Å². The largest absolute Gasteiger partial charge is 1.00 e. The topological polar surface area (TPSA) is 151 Å². The minimum absolute atomic E-state index is 0. The Balaban J connectivity index is 0.00000242. The van der Waals surface area contributed by atoms with Crippen molar-refractivity contribution in [2.75, 3.05) is 25.3 Å². The molecule has 0 radical (unpaired) electrons. The number of nitrogens with two attached hydrogens (primary N) is 1. The number of hydrogen-bond donors (Lipinski definition) is 1. The average Bonchev–Trinajstić information content (AvgIpc) is 2.81. The van der Waals surface area contributed by atoms with Gasteiger partial charge in [-0.05, 0) is 14.5 Å². The number of rotatable bonds is 7. The molecule has 2 N–H and O–H groups in total. The van der Waals surface area contributed by atoms with Crippen LogP contribution >= 0.6 is 7.60 Å². The molecule has 0 bridgehead atoms. The Labute approximate surface area is 176 Å². The summed E-state index contributed by atoms with van der Waals surface area (Å²) in [6, 6.07) is 0. The van der Waals surface area contributed by atoms with E-state index in [9.17, 15) is 14.4 Å². The van der Waals surface area contributed by atoms with Gasteiger partial charge in [0.05, 0.1) is 19.3 Å². The Morgan fingerprint density at radius 3 is 2.65 bits per heavy atom. The van der Waals surface area contributed by atoms with E-state index >= 15 is 0 Å². The van der Waals surface area contributed by atoms with Crippen molar-refractivity contribution < 1.29 is 82.9 Å². The van der Waals surface area contributed by atoms with Crippen LogP contribution in [0.15, 0.2) is 12.7 Å². The summed E-state index contributed by atoms with van der Waals surface area (Å²) in [5.74, 6) is 0.221. The fraction of sp³-hybridized carbons (Fsp3) is 0.500. The van der Waals surface area contributed by atoms with Crippen molar-refractivity contribution in [3.8, 4) is 0 Å². The van der Waals surface area contributed by atoms with E-state index in [2.05, 4.69) is 15.0 Å². The second kappa shape index (κ2) is 10.4. The van der Waals surface area contributed by atoms with Crippen LogP contribution in [0.3, 0.4) is 0 Å². The molecule has 0 spiro atoms. The molecule has 0 saturated heterocycles. The summed E-state index contributed by atoms with van der Waals surface area (Å²) >= 11 is 0. The first-order chi connectivity index (χ1) is 9.92. The van der Waals surface area contributed by atoms with Gasteiger partial charge in [0.15, 0.2) is 17.7 Å². The van der Waals surface area contributed by atoms with Crippen LogP contribution in [0.5, 0.6) is 0 Å². The Morgan fingerprint density at radius 1 is 1.35 bits per heavy atom. The van der Waals surface area contributed by atoms with Crippen LogP contribution in [0.1, 0.15) is 13.2 Å². The van der Waals surface area contributed by atoms with Gasteiger partial charge in [-0.2, -0.15) is 0 Å². The summed E-state index contributed by atoms with van der Waals surface area (Å²) in [4.78, 5) is 33.1. The Bertz CT molecular complexity index is 666. The van der Waals surface area contributed by atoms with Gasteiger partial charge < -0.3 is 29.6 Å². The first-order valence-corrected chi connectivity index (χ1v) is 7.78. The number of hydrogen-bond acceptors (Lipinski definition) is 9. The van der Waals surface area contributed by atoms with E-state index in [0.717, 1.165) is 0 Å². The van der Waals surface area contributed by atoms with E-state index < -0.39 is 20.2 Å². The van der Waals surface area contributed by atoms with Gasteiger partial charge in [-0.1, -0.05) is 0 Å². The predicted molar refractivity (Wildman–Crippen MR) is 68.8 cm³/mol. The van der Waals surface area contributed by atoms with Gasteiger partial charge >= 0.3 is 59.1 Å². The molecule has 2 rings (SSSR count). The van der Waals surface area contributed by atoms with Crippen molar-refractivity contribution in [1.29, 1.82) is 0 Å². The number of nitrogen functional groups attached to an aromatic ring is 1. The maximum atomic E-state index is 10.6. The molecule has 2 aromatic rings. The third kappa shape index (κ3) is 6.68. The molecule has 1 unspecified atom stereocenters. The second-order valence-electron chi connectivity index (χ2n) is 4.10. The number of anilines is 1. The summed E-state index contributed by atoms with van der Waals surface area (Å²) in [6.07, 6.45) is 1.14. The van der Waals surface area contributed by atoms with Gasteiger partial charge in [0.25, 0.3) is 0 Å². The summed E-state index contributed by atoms with van der Waals surface area (Å²) in [5, 5.41) is 0. The number of ether oxygens (including phenoxy) is 2. The molecule has 0 amide bonds. The molecule has 0 saturated carbocycles. The van der Waals surface area contributed by atoms with Crippen LogP contribution in [-0.4, -0.2) is 39.1 Å². The van der Waals surface area contributed by atoms with Crippen molar-refractivity contribution in [3.63, 3.8) is 0 Å². The molecule has 0 aliphatic carbocycles. The predicted octanol–water partition coefficient (Wildman–Crippen LogP) is -7.16. The standard InChI is InChI=1S/C10H16N5O5P.2Na/c1-2-20-7(3-19-6-21(16,17)18)15-5-14-8-9(11)12-4-13-10(8)15;;/h4-5,7H,2-3,6H2,1H3,(H2,11,12,13)(H2,16,17,18);;/q;2*+1/p-2. The quantitative estimate of drug-likeness (QED) is 0.374. The third-order valence-corrected chi connectivity index (χ3v) is 3.07. The van der Waals surface area contributed by atoms with E-state index in [0.29, 0.717) is 17.8 Å². The summed E-state index contributed by atoms with van der Waals surface area (Å²) in [6.45, 7) is 1.97. The number of aromatic nitrogens is 4. The monoisotopic (exact) mass is 361 g/mol. The molecular weight excluding hydrogens is 347 g/mol. The van der Waals surface area contributed by atoms with Gasteiger partial charge in [-0.3, -0.25) is 4.57 Å². The summed E-state index contributed by atoms with van der Waals surface area (Å²) in [5.41, 5.74) is 6.51. The third-order valence-electron chi connectivity index (χ3n) is 2.57. The van der Waals surface area contributed by atoms with E-state index in [-0.39, 0.29) is 71.5 Å². The average molecular weight is 361 g/mol. The molecule has 0 aromatic carbocycles. The first kappa shape index (κ1) is 23.4. The van der Waals surface area contributed by atoms with Crippen molar-refractivity contribution in [3.05, 3.63) is 12.7 Å². The molecule has 1 atom stereocenters. The van der Waals surface area contributed by atoms with Crippen molar-refractivity contribution in [2.24, 2.45) is 0 Å². The van der Waals surface area contributed by atoms with Crippen LogP contribution in [-0.2, 0) is 14.0 Å². The molecule has 2 aromatic heterocycles. The molecule has 116 valence electrons. The van der Waals surface area contributed by atoms with E-state index in [1.807, 2.05) is 0 Å². The Kier molecular flexibility index (Phi) is 10.6. The van der Waals surface area contributed by atoms with E-state index in [4.69, 9.17) is 15.2 Å². The molecule has 23 heavy (non-hydrogen) atoms. The van der Waals surface area contributed by atoms with Crippen LogP contribution in [0.4, 0.5) is 5.82 Å². The van der Waals surface area contributed by atoms with Gasteiger partial charge in [0.2, 0.25) is 0 Å². The van der Waals surface area contributed by atoms with Crippen LogP contribution in [0, 0.1) is 0 Å². The summed E-state index contributed by atoms with van der Waals surface area (Å²) in [7, 11) is -4.72.